The fraction of sp³-hybridized carbons (Fsp3) is 0.333. The Hall–Kier alpha value is -2.47. The van der Waals surface area contributed by atoms with Gasteiger partial charge in [-0.2, -0.15) is 0 Å². The smallest absolute Gasteiger partial charge is 0.243 e. The molecule has 7 heteroatoms. The molecular formula is C30H34Cl2N2O2S. The molecule has 196 valence electrons. The van der Waals surface area contributed by atoms with E-state index in [1.54, 1.807) is 11.0 Å². The molecule has 3 rings (SSSR count). The van der Waals surface area contributed by atoms with Crippen molar-refractivity contribution in [1.82, 2.24) is 10.2 Å². The summed E-state index contributed by atoms with van der Waals surface area (Å²) in [6, 6.07) is 22.8. The van der Waals surface area contributed by atoms with Gasteiger partial charge in [0.1, 0.15) is 6.04 Å². The second-order valence-corrected chi connectivity index (χ2v) is 10.8. The van der Waals surface area contributed by atoms with E-state index in [1.807, 2.05) is 73.7 Å². The Morgan fingerprint density at radius 3 is 2.38 bits per heavy atom. The van der Waals surface area contributed by atoms with Gasteiger partial charge in [0.05, 0.1) is 15.8 Å². The zero-order valence-electron chi connectivity index (χ0n) is 21.4. The summed E-state index contributed by atoms with van der Waals surface area (Å²) in [5, 5.41) is 4.07. The summed E-state index contributed by atoms with van der Waals surface area (Å²) in [5.41, 5.74) is 4.14. The van der Waals surface area contributed by atoms with E-state index < -0.39 is 6.04 Å². The number of amides is 2. The standard InChI is InChI=1S/C30H34Cl2N2O2S/c1-3-4-16-33-30(36)28(18-23-11-6-5-7-12-23)34(19-25-13-9-8-10-22(25)2)29(35)21-37-20-24-14-15-26(31)27(32)17-24/h5-15,17,28H,3-4,16,18-21H2,1-2H3,(H,33,36)/t28-/m0/s1. The fourth-order valence-corrected chi connectivity index (χ4v) is 5.18. The van der Waals surface area contributed by atoms with Gasteiger partial charge in [-0.15, -0.1) is 11.8 Å². The van der Waals surface area contributed by atoms with Crippen LogP contribution in [-0.4, -0.2) is 35.1 Å². The predicted octanol–water partition coefficient (Wildman–Crippen LogP) is 7.09. The summed E-state index contributed by atoms with van der Waals surface area (Å²) in [4.78, 5) is 28.9. The van der Waals surface area contributed by atoms with Gasteiger partial charge in [0.25, 0.3) is 0 Å². The highest BCUT2D eigenvalue weighted by atomic mass is 35.5. The van der Waals surface area contributed by atoms with Crippen molar-refractivity contribution in [3.05, 3.63) is 105 Å². The SMILES string of the molecule is CCCCNC(=O)[C@H](Cc1ccccc1)N(Cc1ccccc1C)C(=O)CSCc1ccc(Cl)c(Cl)c1. The monoisotopic (exact) mass is 556 g/mol. The number of hydrogen-bond acceptors (Lipinski definition) is 3. The van der Waals surface area contributed by atoms with Crippen LogP contribution in [0.1, 0.15) is 42.0 Å². The number of nitrogens with zero attached hydrogens (tertiary/aromatic N) is 1. The highest BCUT2D eigenvalue weighted by Gasteiger charge is 2.30. The molecule has 0 bridgehead atoms. The quantitative estimate of drug-likeness (QED) is 0.228. The molecule has 37 heavy (non-hydrogen) atoms. The Balaban J connectivity index is 1.83. The maximum absolute atomic E-state index is 13.7. The minimum absolute atomic E-state index is 0.0695. The molecule has 0 aliphatic carbocycles. The molecule has 3 aromatic rings. The maximum Gasteiger partial charge on any atom is 0.243 e. The van der Waals surface area contributed by atoms with Gasteiger partial charge < -0.3 is 10.2 Å². The number of rotatable bonds is 13. The van der Waals surface area contributed by atoms with Crippen LogP contribution in [0.15, 0.2) is 72.8 Å². The minimum atomic E-state index is -0.614. The van der Waals surface area contributed by atoms with Gasteiger partial charge in [0, 0.05) is 25.3 Å². The van der Waals surface area contributed by atoms with E-state index in [4.69, 9.17) is 23.2 Å². The molecule has 1 N–H and O–H groups in total. The average Bonchev–Trinajstić information content (AvgIpc) is 2.89. The van der Waals surface area contributed by atoms with Crippen molar-refractivity contribution >= 4 is 46.8 Å². The Labute approximate surface area is 234 Å². The molecule has 2 amide bonds. The summed E-state index contributed by atoms with van der Waals surface area (Å²) in [7, 11) is 0. The van der Waals surface area contributed by atoms with Crippen LogP contribution in [0.25, 0.3) is 0 Å². The summed E-state index contributed by atoms with van der Waals surface area (Å²) >= 11 is 13.7. The predicted molar refractivity (Wildman–Crippen MR) is 156 cm³/mol. The van der Waals surface area contributed by atoms with Gasteiger partial charge in [0.15, 0.2) is 0 Å². The second-order valence-electron chi connectivity index (χ2n) is 9.04. The molecule has 0 saturated carbocycles. The minimum Gasteiger partial charge on any atom is -0.354 e. The second kappa shape index (κ2) is 15.1. The summed E-state index contributed by atoms with van der Waals surface area (Å²) in [5.74, 6) is 0.681. The molecule has 0 aliphatic heterocycles. The zero-order valence-corrected chi connectivity index (χ0v) is 23.7. The molecule has 1 atom stereocenters. The van der Waals surface area contributed by atoms with E-state index in [0.29, 0.717) is 35.3 Å². The van der Waals surface area contributed by atoms with Gasteiger partial charge in [-0.3, -0.25) is 9.59 Å². The molecule has 0 spiro atoms. The fourth-order valence-electron chi connectivity index (χ4n) is 4.00. The molecule has 0 heterocycles. The van der Waals surface area contributed by atoms with Crippen LogP contribution in [0, 0.1) is 6.92 Å². The van der Waals surface area contributed by atoms with Gasteiger partial charge in [-0.1, -0.05) is 97.2 Å². The van der Waals surface area contributed by atoms with Crippen LogP contribution < -0.4 is 5.32 Å². The van der Waals surface area contributed by atoms with Crippen molar-refractivity contribution in [2.24, 2.45) is 0 Å². The first-order chi connectivity index (χ1) is 17.9. The lowest BCUT2D eigenvalue weighted by atomic mass is 10.0. The van der Waals surface area contributed by atoms with Crippen molar-refractivity contribution in [3.63, 3.8) is 0 Å². The summed E-state index contributed by atoms with van der Waals surface area (Å²) in [6.07, 6.45) is 2.34. The molecule has 4 nitrogen and oxygen atoms in total. The van der Waals surface area contributed by atoms with E-state index in [2.05, 4.69) is 12.2 Å². The first-order valence-electron chi connectivity index (χ1n) is 12.6. The average molecular weight is 558 g/mol. The molecule has 0 aliphatic rings. The van der Waals surface area contributed by atoms with Crippen molar-refractivity contribution in [2.45, 2.75) is 51.4 Å². The third-order valence-corrected chi connectivity index (χ3v) is 7.91. The number of halogens is 2. The van der Waals surface area contributed by atoms with E-state index in [-0.39, 0.29) is 17.6 Å². The van der Waals surface area contributed by atoms with Crippen LogP contribution >= 0.6 is 35.0 Å². The lowest BCUT2D eigenvalue weighted by Crippen LogP contribution is -2.51. The van der Waals surface area contributed by atoms with Gasteiger partial charge >= 0.3 is 0 Å². The number of aryl methyl sites for hydroxylation is 1. The van der Waals surface area contributed by atoms with Gasteiger partial charge in [-0.05, 0) is 47.7 Å². The maximum atomic E-state index is 13.7. The first-order valence-corrected chi connectivity index (χ1v) is 14.5. The third-order valence-electron chi connectivity index (χ3n) is 6.18. The molecule has 0 aromatic heterocycles. The van der Waals surface area contributed by atoms with Crippen LogP contribution in [-0.2, 0) is 28.3 Å². The van der Waals surface area contributed by atoms with E-state index in [0.717, 1.165) is 35.1 Å². The number of nitrogens with one attached hydrogen (secondary N) is 1. The number of carbonyl (C=O) groups excluding carboxylic acids is 2. The van der Waals surface area contributed by atoms with Crippen molar-refractivity contribution in [1.29, 1.82) is 0 Å². The zero-order chi connectivity index (χ0) is 26.6. The van der Waals surface area contributed by atoms with E-state index >= 15 is 0 Å². The number of thioether (sulfide) groups is 1. The Morgan fingerprint density at radius 2 is 1.68 bits per heavy atom. The van der Waals surface area contributed by atoms with Crippen LogP contribution in [0.2, 0.25) is 10.0 Å². The molecular weight excluding hydrogens is 523 g/mol. The normalized spacial score (nSPS) is 11.7. The number of hydrogen-bond donors (Lipinski definition) is 1. The third kappa shape index (κ3) is 9.10. The van der Waals surface area contributed by atoms with E-state index in [9.17, 15) is 9.59 Å². The van der Waals surface area contributed by atoms with Crippen LogP contribution in [0.3, 0.4) is 0 Å². The highest BCUT2D eigenvalue weighted by Crippen LogP contribution is 2.25. The molecule has 0 saturated heterocycles. The number of carbonyl (C=O) groups is 2. The van der Waals surface area contributed by atoms with Crippen molar-refractivity contribution < 1.29 is 9.59 Å². The van der Waals surface area contributed by atoms with Gasteiger partial charge in [0.2, 0.25) is 11.8 Å². The van der Waals surface area contributed by atoms with E-state index in [1.165, 1.54) is 11.8 Å². The topological polar surface area (TPSA) is 49.4 Å². The summed E-state index contributed by atoms with van der Waals surface area (Å²) in [6.45, 7) is 5.09. The van der Waals surface area contributed by atoms with Crippen LogP contribution in [0.5, 0.6) is 0 Å². The highest BCUT2D eigenvalue weighted by molar-refractivity contribution is 7.99. The van der Waals surface area contributed by atoms with Crippen molar-refractivity contribution in [2.75, 3.05) is 12.3 Å². The molecule has 3 aromatic carbocycles. The largest absolute Gasteiger partial charge is 0.354 e. The Morgan fingerprint density at radius 1 is 0.946 bits per heavy atom. The first kappa shape index (κ1) is 29.1. The molecule has 0 fully saturated rings. The Kier molecular flexibility index (Phi) is 11.8. The molecule has 0 radical (unpaired) electrons. The summed E-state index contributed by atoms with van der Waals surface area (Å²) < 4.78 is 0. The Bertz CT molecular complexity index is 1170. The molecule has 0 unspecified atom stereocenters. The van der Waals surface area contributed by atoms with Crippen molar-refractivity contribution in [3.8, 4) is 0 Å². The lowest BCUT2D eigenvalue weighted by molar-refractivity contribution is -0.139. The number of benzene rings is 3. The van der Waals surface area contributed by atoms with Gasteiger partial charge in [-0.25, -0.2) is 0 Å². The number of unbranched alkanes of at least 4 members (excludes halogenated alkanes) is 1. The lowest BCUT2D eigenvalue weighted by Gasteiger charge is -2.32. The van der Waals surface area contributed by atoms with Crippen LogP contribution in [0.4, 0.5) is 0 Å².